The molecule has 1 aromatic heterocycles. The topological polar surface area (TPSA) is 84.2 Å². The molecule has 1 aromatic carbocycles. The first-order chi connectivity index (χ1) is 13.5. The maximum Gasteiger partial charge on any atom is 0.249 e. The third-order valence-corrected chi connectivity index (χ3v) is 5.06. The molecule has 0 radical (unpaired) electrons. The molecule has 8 heteroatoms. The molecule has 0 saturated carbocycles. The first-order valence-corrected chi connectivity index (χ1v) is 9.92. The van der Waals surface area contributed by atoms with Crippen LogP contribution in [0.15, 0.2) is 30.3 Å². The van der Waals surface area contributed by atoms with Crippen molar-refractivity contribution >= 4 is 11.8 Å². The molecular formula is C20H28N6O2. The molecule has 1 atom stereocenters. The lowest BCUT2D eigenvalue weighted by Gasteiger charge is -2.27. The minimum absolute atomic E-state index is 0.0157. The number of benzene rings is 1. The molecule has 3 rings (SSSR count). The standard InChI is InChI=1S/C20H28N6O2/c1-4-17(27)24-11-8-12-25(14-13-24)20(28)18(15(2)3)26-22-19(21-23-26)16-9-6-5-7-10-16/h5-7,9-10,15,18H,4,8,11-14H2,1-3H3. The van der Waals surface area contributed by atoms with Gasteiger partial charge in [0, 0.05) is 38.2 Å². The normalized spacial score (nSPS) is 16.1. The predicted molar refractivity (Wildman–Crippen MR) is 105 cm³/mol. The quantitative estimate of drug-likeness (QED) is 0.787. The lowest BCUT2D eigenvalue weighted by molar-refractivity contribution is -0.137. The van der Waals surface area contributed by atoms with Crippen molar-refractivity contribution in [3.8, 4) is 11.4 Å². The maximum atomic E-state index is 13.3. The van der Waals surface area contributed by atoms with Gasteiger partial charge in [0.15, 0.2) is 6.04 Å². The molecule has 1 aliphatic rings. The fourth-order valence-corrected chi connectivity index (χ4v) is 3.49. The molecule has 2 aromatic rings. The number of hydrogen-bond donors (Lipinski definition) is 0. The number of aromatic nitrogens is 4. The zero-order chi connectivity index (χ0) is 20.1. The van der Waals surface area contributed by atoms with E-state index < -0.39 is 6.04 Å². The van der Waals surface area contributed by atoms with Gasteiger partial charge in [-0.2, -0.15) is 4.80 Å². The molecule has 8 nitrogen and oxygen atoms in total. The van der Waals surface area contributed by atoms with Gasteiger partial charge in [0.2, 0.25) is 17.6 Å². The summed E-state index contributed by atoms with van der Waals surface area (Å²) in [6, 6.07) is 9.09. The first-order valence-electron chi connectivity index (χ1n) is 9.92. The Morgan fingerprint density at radius 1 is 1.04 bits per heavy atom. The minimum Gasteiger partial charge on any atom is -0.341 e. The lowest BCUT2D eigenvalue weighted by atomic mass is 10.0. The summed E-state index contributed by atoms with van der Waals surface area (Å²) in [6.07, 6.45) is 1.27. The maximum absolute atomic E-state index is 13.3. The molecule has 0 aliphatic carbocycles. The largest absolute Gasteiger partial charge is 0.341 e. The molecule has 0 spiro atoms. The Balaban J connectivity index is 1.76. The molecule has 1 aliphatic heterocycles. The van der Waals surface area contributed by atoms with E-state index in [0.717, 1.165) is 12.0 Å². The molecule has 1 saturated heterocycles. The van der Waals surface area contributed by atoms with Crippen LogP contribution in [-0.2, 0) is 9.59 Å². The number of carbonyl (C=O) groups excluding carboxylic acids is 2. The first kappa shape index (κ1) is 20.0. The molecule has 2 amide bonds. The van der Waals surface area contributed by atoms with E-state index in [1.54, 1.807) is 0 Å². The van der Waals surface area contributed by atoms with E-state index in [1.165, 1.54) is 4.80 Å². The monoisotopic (exact) mass is 384 g/mol. The zero-order valence-electron chi connectivity index (χ0n) is 16.8. The Bertz CT molecular complexity index is 804. The third kappa shape index (κ3) is 4.37. The summed E-state index contributed by atoms with van der Waals surface area (Å²) in [4.78, 5) is 30.4. The number of rotatable bonds is 5. The van der Waals surface area contributed by atoms with E-state index in [-0.39, 0.29) is 17.7 Å². The average Bonchev–Trinajstić information content (AvgIpc) is 3.04. The SMILES string of the molecule is CCC(=O)N1CCCN(C(=O)C(C(C)C)n2nnc(-c3ccccc3)n2)CC1. The molecule has 2 heterocycles. The van der Waals surface area contributed by atoms with Crippen molar-refractivity contribution in [3.63, 3.8) is 0 Å². The average molecular weight is 384 g/mol. The van der Waals surface area contributed by atoms with Gasteiger partial charge in [-0.15, -0.1) is 10.2 Å². The van der Waals surface area contributed by atoms with E-state index in [1.807, 2.05) is 60.9 Å². The Hall–Kier alpha value is -2.77. The van der Waals surface area contributed by atoms with Crippen LogP contribution in [-0.4, -0.2) is 68.0 Å². The second kappa shape index (κ2) is 8.95. The zero-order valence-corrected chi connectivity index (χ0v) is 16.8. The van der Waals surface area contributed by atoms with Crippen LogP contribution in [0.25, 0.3) is 11.4 Å². The van der Waals surface area contributed by atoms with Gasteiger partial charge < -0.3 is 9.80 Å². The highest BCUT2D eigenvalue weighted by Crippen LogP contribution is 2.22. The van der Waals surface area contributed by atoms with Crippen LogP contribution in [0.1, 0.15) is 39.7 Å². The molecule has 1 fully saturated rings. The predicted octanol–water partition coefficient (Wildman–Crippen LogP) is 2.01. The van der Waals surface area contributed by atoms with Gasteiger partial charge in [0.25, 0.3) is 0 Å². The summed E-state index contributed by atoms with van der Waals surface area (Å²) in [5.41, 5.74) is 0.868. The van der Waals surface area contributed by atoms with Crippen molar-refractivity contribution in [2.24, 2.45) is 5.92 Å². The van der Waals surface area contributed by atoms with Gasteiger partial charge in [-0.05, 0) is 17.6 Å². The van der Waals surface area contributed by atoms with Crippen LogP contribution < -0.4 is 0 Å². The number of tetrazole rings is 1. The third-order valence-electron chi connectivity index (χ3n) is 5.06. The Kier molecular flexibility index (Phi) is 6.38. The molecule has 1 unspecified atom stereocenters. The van der Waals surface area contributed by atoms with Crippen LogP contribution in [0, 0.1) is 5.92 Å². The minimum atomic E-state index is -0.515. The van der Waals surface area contributed by atoms with E-state index in [2.05, 4.69) is 15.4 Å². The summed E-state index contributed by atoms with van der Waals surface area (Å²) in [5, 5.41) is 12.8. The highest BCUT2D eigenvalue weighted by atomic mass is 16.2. The van der Waals surface area contributed by atoms with Crippen molar-refractivity contribution in [2.45, 2.75) is 39.7 Å². The van der Waals surface area contributed by atoms with E-state index in [4.69, 9.17) is 0 Å². The lowest BCUT2D eigenvalue weighted by Crippen LogP contribution is -2.42. The summed E-state index contributed by atoms with van der Waals surface area (Å²) in [5.74, 6) is 0.648. The smallest absolute Gasteiger partial charge is 0.249 e. The molecular weight excluding hydrogens is 356 g/mol. The van der Waals surface area contributed by atoms with Gasteiger partial charge in [0.05, 0.1) is 0 Å². The van der Waals surface area contributed by atoms with Crippen molar-refractivity contribution < 1.29 is 9.59 Å². The summed E-state index contributed by atoms with van der Waals surface area (Å²) < 4.78 is 0. The number of nitrogens with zero attached hydrogens (tertiary/aromatic N) is 6. The van der Waals surface area contributed by atoms with Crippen molar-refractivity contribution in [2.75, 3.05) is 26.2 Å². The Morgan fingerprint density at radius 2 is 1.71 bits per heavy atom. The number of carbonyl (C=O) groups is 2. The fraction of sp³-hybridized carbons (Fsp3) is 0.550. The summed E-state index contributed by atoms with van der Waals surface area (Å²) in [6.45, 7) is 8.28. The Morgan fingerprint density at radius 3 is 2.39 bits per heavy atom. The molecule has 0 bridgehead atoms. The molecule has 150 valence electrons. The van der Waals surface area contributed by atoms with E-state index in [0.29, 0.717) is 38.4 Å². The van der Waals surface area contributed by atoms with Crippen molar-refractivity contribution in [1.29, 1.82) is 0 Å². The van der Waals surface area contributed by atoms with E-state index in [9.17, 15) is 9.59 Å². The second-order valence-electron chi connectivity index (χ2n) is 7.40. The molecule has 0 N–H and O–H groups in total. The molecule has 28 heavy (non-hydrogen) atoms. The highest BCUT2D eigenvalue weighted by molar-refractivity contribution is 5.81. The van der Waals surface area contributed by atoms with Crippen LogP contribution in [0.4, 0.5) is 0 Å². The van der Waals surface area contributed by atoms with Crippen LogP contribution in [0.2, 0.25) is 0 Å². The van der Waals surface area contributed by atoms with Crippen LogP contribution in [0.3, 0.4) is 0 Å². The van der Waals surface area contributed by atoms with Gasteiger partial charge in [0.1, 0.15) is 0 Å². The summed E-state index contributed by atoms with van der Waals surface area (Å²) >= 11 is 0. The van der Waals surface area contributed by atoms with Crippen LogP contribution >= 0.6 is 0 Å². The Labute approximate surface area is 165 Å². The highest BCUT2D eigenvalue weighted by Gasteiger charge is 2.32. The van der Waals surface area contributed by atoms with Gasteiger partial charge in [-0.25, -0.2) is 0 Å². The number of hydrogen-bond acceptors (Lipinski definition) is 5. The van der Waals surface area contributed by atoms with Crippen molar-refractivity contribution in [1.82, 2.24) is 30.0 Å². The van der Waals surface area contributed by atoms with Gasteiger partial charge in [-0.1, -0.05) is 51.1 Å². The van der Waals surface area contributed by atoms with Crippen LogP contribution in [0.5, 0.6) is 0 Å². The van der Waals surface area contributed by atoms with Gasteiger partial charge >= 0.3 is 0 Å². The fourth-order valence-electron chi connectivity index (χ4n) is 3.49. The van der Waals surface area contributed by atoms with E-state index >= 15 is 0 Å². The summed E-state index contributed by atoms with van der Waals surface area (Å²) in [7, 11) is 0. The number of amides is 2. The second-order valence-corrected chi connectivity index (χ2v) is 7.40. The van der Waals surface area contributed by atoms with Gasteiger partial charge in [-0.3, -0.25) is 9.59 Å². The van der Waals surface area contributed by atoms with Crippen molar-refractivity contribution in [3.05, 3.63) is 30.3 Å².